The summed E-state index contributed by atoms with van der Waals surface area (Å²) in [5.41, 5.74) is 5.58. The van der Waals surface area contributed by atoms with Crippen LogP contribution in [0.3, 0.4) is 0 Å². The van der Waals surface area contributed by atoms with E-state index in [1.54, 1.807) is 0 Å². The van der Waals surface area contributed by atoms with E-state index in [-0.39, 0.29) is 5.41 Å². The van der Waals surface area contributed by atoms with E-state index in [4.69, 9.17) is 4.98 Å². The first-order valence-corrected chi connectivity index (χ1v) is 10.4. The Labute approximate surface area is 178 Å². The highest BCUT2D eigenvalue weighted by atomic mass is 15.1. The fourth-order valence-corrected chi connectivity index (χ4v) is 3.72. The van der Waals surface area contributed by atoms with Crippen molar-refractivity contribution in [1.82, 2.24) is 19.9 Å². The molecular weight excluding hydrogens is 368 g/mol. The third-order valence-electron chi connectivity index (χ3n) is 5.20. The molecule has 4 aromatic rings. The molecule has 0 spiro atoms. The number of benzene rings is 1. The average molecular weight is 397 g/mol. The summed E-state index contributed by atoms with van der Waals surface area (Å²) in [4.78, 5) is 16.5. The highest BCUT2D eigenvalue weighted by Gasteiger charge is 2.18. The van der Waals surface area contributed by atoms with Crippen molar-refractivity contribution >= 4 is 10.9 Å². The van der Waals surface area contributed by atoms with Gasteiger partial charge in [-0.05, 0) is 41.3 Å². The summed E-state index contributed by atoms with van der Waals surface area (Å²) in [7, 11) is 0. The molecule has 0 atom stereocenters. The van der Waals surface area contributed by atoms with Crippen molar-refractivity contribution in [3.63, 3.8) is 0 Å². The molecule has 0 saturated carbocycles. The lowest BCUT2D eigenvalue weighted by Crippen LogP contribution is -2.24. The summed E-state index contributed by atoms with van der Waals surface area (Å²) in [5.74, 6) is 0. The van der Waals surface area contributed by atoms with Gasteiger partial charge in [0.25, 0.3) is 0 Å². The van der Waals surface area contributed by atoms with Crippen LogP contribution in [0.4, 0.5) is 0 Å². The van der Waals surface area contributed by atoms with E-state index in [9.17, 15) is 0 Å². The van der Waals surface area contributed by atoms with E-state index >= 15 is 0 Å². The molecule has 0 N–H and O–H groups in total. The Balaban J connectivity index is 1.65. The third-order valence-corrected chi connectivity index (χ3v) is 5.20. The summed E-state index contributed by atoms with van der Waals surface area (Å²) < 4.78 is 0. The molecule has 4 rings (SSSR count). The number of aromatic nitrogens is 3. The summed E-state index contributed by atoms with van der Waals surface area (Å²) in [6, 6.07) is 22.9. The molecule has 0 aliphatic heterocycles. The minimum absolute atomic E-state index is 0.0484. The second-order valence-corrected chi connectivity index (χ2v) is 8.72. The Morgan fingerprint density at radius 1 is 0.667 bits per heavy atom. The number of para-hydroxylation sites is 1. The third kappa shape index (κ3) is 4.89. The first-order valence-electron chi connectivity index (χ1n) is 10.4. The minimum atomic E-state index is 0.0484. The number of nitrogens with zero attached hydrogens (tertiary/aromatic N) is 4. The number of rotatable bonds is 6. The highest BCUT2D eigenvalue weighted by Crippen LogP contribution is 2.29. The summed E-state index contributed by atoms with van der Waals surface area (Å²) in [6.45, 7) is 8.96. The molecule has 0 aliphatic carbocycles. The molecular formula is C26H28N4. The predicted molar refractivity (Wildman–Crippen MR) is 122 cm³/mol. The predicted octanol–water partition coefficient (Wildman–Crippen LogP) is 5.52. The van der Waals surface area contributed by atoms with Crippen LogP contribution in [0.5, 0.6) is 0 Å². The van der Waals surface area contributed by atoms with E-state index in [1.807, 2.05) is 36.7 Å². The summed E-state index contributed by atoms with van der Waals surface area (Å²) in [6.07, 6.45) is 3.69. The topological polar surface area (TPSA) is 41.9 Å². The van der Waals surface area contributed by atoms with Crippen LogP contribution < -0.4 is 0 Å². The van der Waals surface area contributed by atoms with E-state index in [1.165, 1.54) is 10.9 Å². The van der Waals surface area contributed by atoms with E-state index in [2.05, 4.69) is 78.1 Å². The molecule has 1 aromatic carbocycles. The largest absolute Gasteiger partial charge is 0.286 e. The van der Waals surface area contributed by atoms with Gasteiger partial charge < -0.3 is 0 Å². The standard InChI is InChI=1S/C26H28N4/c1-26(2,3)24-12-8-9-20-13-14-23(29-25(20)24)19-30(17-21-10-4-6-15-27-21)18-22-11-5-7-16-28-22/h4-16H,17-19H2,1-3H3. The Hall–Kier alpha value is -3.11. The molecule has 0 aliphatic rings. The first-order chi connectivity index (χ1) is 14.5. The number of pyridine rings is 3. The van der Waals surface area contributed by atoms with Crippen LogP contribution in [0.15, 0.2) is 79.1 Å². The molecule has 30 heavy (non-hydrogen) atoms. The Bertz CT molecular complexity index is 1060. The summed E-state index contributed by atoms with van der Waals surface area (Å²) in [5, 5.41) is 1.19. The maximum absolute atomic E-state index is 5.08. The number of fused-ring (bicyclic) bond motifs is 1. The molecule has 152 valence electrons. The zero-order chi connectivity index (χ0) is 21.0. The van der Waals surface area contributed by atoms with Gasteiger partial charge in [-0.1, -0.05) is 57.2 Å². The Kier molecular flexibility index (Phi) is 5.86. The van der Waals surface area contributed by atoms with Gasteiger partial charge in [0.2, 0.25) is 0 Å². The quantitative estimate of drug-likeness (QED) is 0.430. The minimum Gasteiger partial charge on any atom is -0.286 e. The van der Waals surface area contributed by atoms with Crippen molar-refractivity contribution in [1.29, 1.82) is 0 Å². The molecule has 4 nitrogen and oxygen atoms in total. The number of hydrogen-bond acceptors (Lipinski definition) is 4. The normalized spacial score (nSPS) is 11.9. The van der Waals surface area contributed by atoms with Crippen molar-refractivity contribution in [2.24, 2.45) is 0 Å². The Morgan fingerprint density at radius 2 is 1.30 bits per heavy atom. The molecule has 3 aromatic heterocycles. The van der Waals surface area contributed by atoms with Gasteiger partial charge in [-0.25, -0.2) is 0 Å². The van der Waals surface area contributed by atoms with Crippen LogP contribution in [0.1, 0.15) is 43.4 Å². The van der Waals surface area contributed by atoms with Gasteiger partial charge in [-0.3, -0.25) is 19.9 Å². The molecule has 0 amide bonds. The van der Waals surface area contributed by atoms with Gasteiger partial charge in [0.15, 0.2) is 0 Å². The van der Waals surface area contributed by atoms with Gasteiger partial charge in [0.1, 0.15) is 0 Å². The van der Waals surface area contributed by atoms with Gasteiger partial charge in [-0.15, -0.1) is 0 Å². The molecule has 3 heterocycles. The zero-order valence-electron chi connectivity index (χ0n) is 17.9. The maximum atomic E-state index is 5.08. The van der Waals surface area contributed by atoms with Gasteiger partial charge in [0.05, 0.1) is 22.6 Å². The van der Waals surface area contributed by atoms with Crippen molar-refractivity contribution in [3.8, 4) is 0 Å². The van der Waals surface area contributed by atoms with Gasteiger partial charge in [-0.2, -0.15) is 0 Å². The van der Waals surface area contributed by atoms with E-state index in [0.717, 1.165) is 42.2 Å². The highest BCUT2D eigenvalue weighted by molar-refractivity contribution is 5.82. The van der Waals surface area contributed by atoms with Crippen LogP contribution in [0, 0.1) is 0 Å². The number of hydrogen-bond donors (Lipinski definition) is 0. The van der Waals surface area contributed by atoms with Crippen molar-refractivity contribution in [2.45, 2.75) is 45.8 Å². The molecule has 0 saturated heterocycles. The SMILES string of the molecule is CC(C)(C)c1cccc2ccc(CN(Cc3ccccn3)Cc3ccccn3)nc12. The molecule has 4 heteroatoms. The van der Waals surface area contributed by atoms with Crippen LogP contribution >= 0.6 is 0 Å². The van der Waals surface area contributed by atoms with Crippen LogP contribution in [-0.2, 0) is 25.0 Å². The van der Waals surface area contributed by atoms with Crippen molar-refractivity contribution in [2.75, 3.05) is 0 Å². The fourth-order valence-electron chi connectivity index (χ4n) is 3.72. The lowest BCUT2D eigenvalue weighted by atomic mass is 9.85. The average Bonchev–Trinajstić information content (AvgIpc) is 2.74. The van der Waals surface area contributed by atoms with Crippen LogP contribution in [-0.4, -0.2) is 19.9 Å². The van der Waals surface area contributed by atoms with Crippen molar-refractivity contribution in [3.05, 3.63) is 102 Å². The van der Waals surface area contributed by atoms with E-state index < -0.39 is 0 Å². The molecule has 0 radical (unpaired) electrons. The smallest absolute Gasteiger partial charge is 0.0743 e. The molecule has 0 unspecified atom stereocenters. The molecule has 0 fully saturated rings. The maximum Gasteiger partial charge on any atom is 0.0743 e. The second kappa shape index (κ2) is 8.72. The molecule has 0 bridgehead atoms. The van der Waals surface area contributed by atoms with E-state index in [0.29, 0.717) is 0 Å². The Morgan fingerprint density at radius 3 is 1.87 bits per heavy atom. The summed E-state index contributed by atoms with van der Waals surface area (Å²) >= 11 is 0. The second-order valence-electron chi connectivity index (χ2n) is 8.72. The fraction of sp³-hybridized carbons (Fsp3) is 0.269. The van der Waals surface area contributed by atoms with Crippen molar-refractivity contribution < 1.29 is 0 Å². The lowest BCUT2D eigenvalue weighted by molar-refractivity contribution is 0.239. The van der Waals surface area contributed by atoms with Crippen LogP contribution in [0.25, 0.3) is 10.9 Å². The van der Waals surface area contributed by atoms with Gasteiger partial charge in [0, 0.05) is 37.4 Å². The first kappa shape index (κ1) is 20.2. The lowest BCUT2D eigenvalue weighted by Gasteiger charge is -2.23. The van der Waals surface area contributed by atoms with Crippen LogP contribution in [0.2, 0.25) is 0 Å². The zero-order valence-corrected chi connectivity index (χ0v) is 17.9. The van der Waals surface area contributed by atoms with Gasteiger partial charge >= 0.3 is 0 Å². The monoisotopic (exact) mass is 396 g/mol.